The maximum absolute atomic E-state index is 12.5. The van der Waals surface area contributed by atoms with Gasteiger partial charge in [0.15, 0.2) is 4.21 Å². The molecule has 1 N–H and O–H groups in total. The molecule has 3 aromatic rings. The standard InChI is InChI=1S/C14H11BrN2O2S2/c1-9-8-13(10-4-2-3-5-12(10)16-9)17-21(18,19)14-11(15)6-7-20-14/h2-8H,1H3,(H,16,17). The molecule has 0 unspecified atom stereocenters. The molecule has 4 nitrogen and oxygen atoms in total. The van der Waals surface area contributed by atoms with Crippen molar-refractivity contribution in [2.75, 3.05) is 4.72 Å². The minimum atomic E-state index is -3.62. The number of pyridine rings is 1. The third kappa shape index (κ3) is 2.81. The molecule has 0 spiro atoms. The first-order valence-corrected chi connectivity index (χ1v) is 9.25. The smallest absolute Gasteiger partial charge is 0.272 e. The van der Waals surface area contributed by atoms with Crippen LogP contribution >= 0.6 is 27.3 Å². The van der Waals surface area contributed by atoms with E-state index < -0.39 is 10.0 Å². The van der Waals surface area contributed by atoms with E-state index in [0.717, 1.165) is 16.6 Å². The summed E-state index contributed by atoms with van der Waals surface area (Å²) in [6.07, 6.45) is 0. The minimum Gasteiger partial charge on any atom is -0.278 e. The number of rotatable bonds is 3. The Morgan fingerprint density at radius 2 is 2.00 bits per heavy atom. The number of halogens is 1. The quantitative estimate of drug-likeness (QED) is 0.739. The predicted octanol–water partition coefficient (Wildman–Crippen LogP) is 4.17. The summed E-state index contributed by atoms with van der Waals surface area (Å²) in [5.74, 6) is 0. The number of para-hydroxylation sites is 1. The van der Waals surface area contributed by atoms with Crippen LogP contribution in [-0.4, -0.2) is 13.4 Å². The lowest BCUT2D eigenvalue weighted by molar-refractivity contribution is 0.603. The second kappa shape index (κ2) is 5.40. The average Bonchev–Trinajstić information content (AvgIpc) is 2.85. The lowest BCUT2D eigenvalue weighted by atomic mass is 10.2. The van der Waals surface area contributed by atoms with E-state index >= 15 is 0 Å². The van der Waals surface area contributed by atoms with Gasteiger partial charge in [-0.15, -0.1) is 11.3 Å². The number of sulfonamides is 1. The second-order valence-corrected chi connectivity index (χ2v) is 8.14. The summed E-state index contributed by atoms with van der Waals surface area (Å²) in [6, 6.07) is 10.9. The average molecular weight is 383 g/mol. The molecule has 0 aliphatic heterocycles. The number of nitrogens with zero attached hydrogens (tertiary/aromatic N) is 1. The summed E-state index contributed by atoms with van der Waals surface area (Å²) in [7, 11) is -3.62. The maximum Gasteiger partial charge on any atom is 0.272 e. The fraction of sp³-hybridized carbons (Fsp3) is 0.0714. The molecular formula is C14H11BrN2O2S2. The highest BCUT2D eigenvalue weighted by Gasteiger charge is 2.20. The van der Waals surface area contributed by atoms with Gasteiger partial charge in [-0.3, -0.25) is 9.71 Å². The Morgan fingerprint density at radius 3 is 2.71 bits per heavy atom. The van der Waals surface area contributed by atoms with Crippen LogP contribution in [0.1, 0.15) is 5.69 Å². The Labute approximate surface area is 135 Å². The maximum atomic E-state index is 12.5. The highest BCUT2D eigenvalue weighted by Crippen LogP contribution is 2.31. The van der Waals surface area contributed by atoms with Crippen molar-refractivity contribution < 1.29 is 8.42 Å². The Hall–Kier alpha value is -1.44. The van der Waals surface area contributed by atoms with Gasteiger partial charge < -0.3 is 0 Å². The molecule has 21 heavy (non-hydrogen) atoms. The Kier molecular flexibility index (Phi) is 3.73. The van der Waals surface area contributed by atoms with Gasteiger partial charge in [-0.1, -0.05) is 18.2 Å². The van der Waals surface area contributed by atoms with Crippen LogP contribution in [0.25, 0.3) is 10.9 Å². The van der Waals surface area contributed by atoms with Gasteiger partial charge >= 0.3 is 0 Å². The van der Waals surface area contributed by atoms with Crippen LogP contribution in [0.4, 0.5) is 5.69 Å². The SMILES string of the molecule is Cc1cc(NS(=O)(=O)c2sccc2Br)c2ccccc2n1. The van der Waals surface area contributed by atoms with E-state index in [0.29, 0.717) is 10.2 Å². The van der Waals surface area contributed by atoms with Gasteiger partial charge in [0.05, 0.1) is 11.2 Å². The molecule has 2 aromatic heterocycles. The highest BCUT2D eigenvalue weighted by molar-refractivity contribution is 9.10. The van der Waals surface area contributed by atoms with E-state index in [-0.39, 0.29) is 4.21 Å². The molecule has 0 saturated heterocycles. The molecule has 7 heteroatoms. The third-order valence-electron chi connectivity index (χ3n) is 2.92. The number of benzene rings is 1. The molecular weight excluding hydrogens is 372 g/mol. The molecule has 2 heterocycles. The van der Waals surface area contributed by atoms with Crippen molar-refractivity contribution in [3.05, 3.63) is 51.9 Å². The molecule has 0 amide bonds. The van der Waals surface area contributed by atoms with Crippen molar-refractivity contribution in [3.63, 3.8) is 0 Å². The molecule has 0 aliphatic carbocycles. The van der Waals surface area contributed by atoms with Crippen molar-refractivity contribution in [2.24, 2.45) is 0 Å². The summed E-state index contributed by atoms with van der Waals surface area (Å²) < 4.78 is 28.5. The summed E-state index contributed by atoms with van der Waals surface area (Å²) in [6.45, 7) is 1.84. The van der Waals surface area contributed by atoms with E-state index in [2.05, 4.69) is 25.6 Å². The number of hydrogen-bond donors (Lipinski definition) is 1. The number of thiophene rings is 1. The first-order chi connectivity index (χ1) is 9.97. The van der Waals surface area contributed by atoms with E-state index in [9.17, 15) is 8.42 Å². The lowest BCUT2D eigenvalue weighted by Gasteiger charge is -2.10. The van der Waals surface area contributed by atoms with Crippen molar-refractivity contribution in [3.8, 4) is 0 Å². The Bertz CT molecular complexity index is 920. The van der Waals surface area contributed by atoms with Crippen LogP contribution in [-0.2, 0) is 10.0 Å². The van der Waals surface area contributed by atoms with Crippen molar-refractivity contribution in [1.82, 2.24) is 4.98 Å². The van der Waals surface area contributed by atoms with Crippen molar-refractivity contribution >= 4 is 53.9 Å². The van der Waals surface area contributed by atoms with Gasteiger partial charge in [0.1, 0.15) is 0 Å². The first kappa shape index (κ1) is 14.5. The van der Waals surface area contributed by atoms with E-state index in [1.54, 1.807) is 17.5 Å². The number of aromatic nitrogens is 1. The molecule has 1 aromatic carbocycles. The molecule has 0 saturated carbocycles. The van der Waals surface area contributed by atoms with Crippen LogP contribution in [0.3, 0.4) is 0 Å². The van der Waals surface area contributed by atoms with Crippen LogP contribution in [0.5, 0.6) is 0 Å². The van der Waals surface area contributed by atoms with Crippen LogP contribution in [0, 0.1) is 6.92 Å². The first-order valence-electron chi connectivity index (χ1n) is 6.09. The Morgan fingerprint density at radius 1 is 1.24 bits per heavy atom. The second-order valence-electron chi connectivity index (χ2n) is 4.49. The number of hydrogen-bond acceptors (Lipinski definition) is 4. The minimum absolute atomic E-state index is 0.265. The number of anilines is 1. The van der Waals surface area contributed by atoms with Crippen molar-refractivity contribution in [1.29, 1.82) is 0 Å². The van der Waals surface area contributed by atoms with Gasteiger partial charge in [-0.2, -0.15) is 0 Å². The van der Waals surface area contributed by atoms with E-state index in [1.807, 2.05) is 31.2 Å². The molecule has 108 valence electrons. The summed E-state index contributed by atoms with van der Waals surface area (Å²) in [5, 5.41) is 2.51. The van der Waals surface area contributed by atoms with E-state index in [4.69, 9.17) is 0 Å². The third-order valence-corrected chi connectivity index (χ3v) is 6.95. The number of fused-ring (bicyclic) bond motifs is 1. The zero-order valence-corrected chi connectivity index (χ0v) is 14.2. The molecule has 0 fully saturated rings. The van der Waals surface area contributed by atoms with Gasteiger partial charge in [-0.25, -0.2) is 8.42 Å². The zero-order valence-electron chi connectivity index (χ0n) is 11.0. The normalized spacial score (nSPS) is 11.7. The molecule has 0 bridgehead atoms. The van der Waals surface area contributed by atoms with Gasteiger partial charge in [0, 0.05) is 15.6 Å². The van der Waals surface area contributed by atoms with Gasteiger partial charge in [-0.05, 0) is 46.4 Å². The zero-order chi connectivity index (χ0) is 15.0. The van der Waals surface area contributed by atoms with Crippen LogP contribution in [0.15, 0.2) is 50.5 Å². The van der Waals surface area contributed by atoms with Crippen molar-refractivity contribution in [2.45, 2.75) is 11.1 Å². The van der Waals surface area contributed by atoms with Gasteiger partial charge in [0.2, 0.25) is 0 Å². The van der Waals surface area contributed by atoms with E-state index in [1.165, 1.54) is 11.3 Å². The summed E-state index contributed by atoms with van der Waals surface area (Å²) >= 11 is 4.43. The molecule has 0 radical (unpaired) electrons. The topological polar surface area (TPSA) is 59.1 Å². The lowest BCUT2D eigenvalue weighted by Crippen LogP contribution is -2.12. The predicted molar refractivity (Wildman–Crippen MR) is 89.3 cm³/mol. The molecule has 3 rings (SSSR count). The van der Waals surface area contributed by atoms with Crippen LogP contribution in [0.2, 0.25) is 0 Å². The highest BCUT2D eigenvalue weighted by atomic mass is 79.9. The molecule has 0 aliphatic rings. The van der Waals surface area contributed by atoms with Gasteiger partial charge in [0.25, 0.3) is 10.0 Å². The number of nitrogens with one attached hydrogen (secondary N) is 1. The summed E-state index contributed by atoms with van der Waals surface area (Å²) in [5.41, 5.74) is 2.07. The fourth-order valence-electron chi connectivity index (χ4n) is 2.05. The monoisotopic (exact) mass is 382 g/mol. The summed E-state index contributed by atoms with van der Waals surface area (Å²) in [4.78, 5) is 4.41. The van der Waals surface area contributed by atoms with Crippen LogP contribution < -0.4 is 4.72 Å². The Balaban J connectivity index is 2.12. The largest absolute Gasteiger partial charge is 0.278 e. The molecule has 0 atom stereocenters. The number of aryl methyl sites for hydroxylation is 1. The fourth-order valence-corrected chi connectivity index (χ4v) is 5.46.